The van der Waals surface area contributed by atoms with E-state index in [0.29, 0.717) is 29.1 Å². The highest BCUT2D eigenvalue weighted by Crippen LogP contribution is 2.34. The minimum atomic E-state index is -1.03. The number of carbonyl (C=O) groups excluding carboxylic acids is 1. The monoisotopic (exact) mass is 461 g/mol. The molecule has 1 saturated heterocycles. The van der Waals surface area contributed by atoms with Gasteiger partial charge >= 0.3 is 5.97 Å². The number of carbonyl (C=O) groups is 2. The van der Waals surface area contributed by atoms with Crippen molar-refractivity contribution in [2.24, 2.45) is 0 Å². The zero-order chi connectivity index (χ0) is 23.2. The quantitative estimate of drug-likeness (QED) is 0.319. The first-order valence-electron chi connectivity index (χ1n) is 11.1. The maximum absolute atomic E-state index is 13.2. The molecule has 0 atom stereocenters. The Hall–Kier alpha value is -3.22. The summed E-state index contributed by atoms with van der Waals surface area (Å²) in [6.07, 6.45) is 3.75. The molecule has 5 nitrogen and oxygen atoms in total. The normalized spacial score (nSPS) is 14.1. The largest absolute Gasteiger partial charge is 0.492 e. The third-order valence-corrected chi connectivity index (χ3v) is 6.81. The van der Waals surface area contributed by atoms with Crippen LogP contribution in [-0.4, -0.2) is 48.0 Å². The predicted molar refractivity (Wildman–Crippen MR) is 132 cm³/mol. The summed E-state index contributed by atoms with van der Waals surface area (Å²) >= 11 is 1.63. The van der Waals surface area contributed by atoms with Crippen molar-refractivity contribution < 1.29 is 19.4 Å². The standard InChI is InChI=1S/C27H27NO4S/c1-19(26(29)20-7-9-21(10-8-20)27(30)31)23-18-22(25-6-5-17-33-25)11-12-24(23)32-16-15-28-13-3-2-4-14-28/h5-12,17-18H,1-4,13-16H2,(H,30,31). The van der Waals surface area contributed by atoms with E-state index in [4.69, 9.17) is 9.84 Å². The van der Waals surface area contributed by atoms with Gasteiger partial charge in [0.1, 0.15) is 12.4 Å². The topological polar surface area (TPSA) is 66.8 Å². The number of likely N-dealkylation sites (tertiary alicyclic amines) is 1. The van der Waals surface area contributed by atoms with E-state index >= 15 is 0 Å². The molecular weight excluding hydrogens is 434 g/mol. The molecule has 1 aromatic heterocycles. The zero-order valence-electron chi connectivity index (χ0n) is 18.5. The Labute approximate surface area is 197 Å². The number of piperidine rings is 1. The van der Waals surface area contributed by atoms with Gasteiger partial charge in [-0.1, -0.05) is 31.2 Å². The molecule has 4 rings (SSSR count). The van der Waals surface area contributed by atoms with Crippen LogP contribution in [0.3, 0.4) is 0 Å². The van der Waals surface area contributed by atoms with Gasteiger partial charge in [-0.25, -0.2) is 4.79 Å². The lowest BCUT2D eigenvalue weighted by Gasteiger charge is -2.26. The third-order valence-electron chi connectivity index (χ3n) is 5.89. The van der Waals surface area contributed by atoms with Crippen LogP contribution in [-0.2, 0) is 0 Å². The molecule has 0 unspecified atom stereocenters. The number of ether oxygens (including phenoxy) is 1. The molecule has 1 aliphatic rings. The van der Waals surface area contributed by atoms with Gasteiger partial charge in [0.25, 0.3) is 0 Å². The maximum Gasteiger partial charge on any atom is 0.335 e. The smallest absolute Gasteiger partial charge is 0.335 e. The fourth-order valence-corrected chi connectivity index (χ4v) is 4.74. The van der Waals surface area contributed by atoms with Crippen LogP contribution in [0.25, 0.3) is 16.0 Å². The van der Waals surface area contributed by atoms with Crippen molar-refractivity contribution in [2.75, 3.05) is 26.2 Å². The van der Waals surface area contributed by atoms with Crippen LogP contribution in [0, 0.1) is 0 Å². The van der Waals surface area contributed by atoms with Crippen molar-refractivity contribution in [1.82, 2.24) is 4.90 Å². The van der Waals surface area contributed by atoms with Gasteiger partial charge in [-0.05, 0) is 73.3 Å². The fraction of sp³-hybridized carbons (Fsp3) is 0.259. The first kappa shape index (κ1) is 23.0. The number of aromatic carboxylic acids is 1. The lowest BCUT2D eigenvalue weighted by Crippen LogP contribution is -2.33. The SMILES string of the molecule is C=C(C(=O)c1ccc(C(=O)O)cc1)c1cc(-c2cccs2)ccc1OCCN1CCCCC1. The molecule has 33 heavy (non-hydrogen) atoms. The highest BCUT2D eigenvalue weighted by Gasteiger charge is 2.19. The number of benzene rings is 2. The minimum Gasteiger partial charge on any atom is -0.492 e. The van der Waals surface area contributed by atoms with Crippen molar-refractivity contribution in [3.8, 4) is 16.2 Å². The van der Waals surface area contributed by atoms with Crippen LogP contribution >= 0.6 is 11.3 Å². The Morgan fingerprint density at radius 2 is 1.73 bits per heavy atom. The third kappa shape index (κ3) is 5.59. The van der Waals surface area contributed by atoms with Gasteiger partial charge in [0, 0.05) is 28.1 Å². The van der Waals surface area contributed by atoms with E-state index in [2.05, 4.69) is 11.5 Å². The summed E-state index contributed by atoms with van der Waals surface area (Å²) in [6.45, 7) is 7.68. The van der Waals surface area contributed by atoms with Crippen molar-refractivity contribution in [1.29, 1.82) is 0 Å². The molecule has 0 saturated carbocycles. The Kier molecular flexibility index (Phi) is 7.37. The van der Waals surface area contributed by atoms with Gasteiger partial charge in [0.05, 0.1) is 5.56 Å². The van der Waals surface area contributed by atoms with E-state index in [-0.39, 0.29) is 11.3 Å². The van der Waals surface area contributed by atoms with E-state index in [9.17, 15) is 9.59 Å². The summed E-state index contributed by atoms with van der Waals surface area (Å²) in [5.74, 6) is -0.648. The van der Waals surface area contributed by atoms with Crippen LogP contribution in [0.2, 0.25) is 0 Å². The number of hydrogen-bond acceptors (Lipinski definition) is 5. The highest BCUT2D eigenvalue weighted by atomic mass is 32.1. The van der Waals surface area contributed by atoms with Crippen molar-refractivity contribution in [3.05, 3.63) is 83.2 Å². The molecule has 0 radical (unpaired) electrons. The van der Waals surface area contributed by atoms with E-state index in [0.717, 1.165) is 30.1 Å². The molecule has 6 heteroatoms. The summed E-state index contributed by atoms with van der Waals surface area (Å²) in [5.41, 5.74) is 2.51. The Morgan fingerprint density at radius 1 is 1.00 bits per heavy atom. The number of hydrogen-bond donors (Lipinski definition) is 1. The van der Waals surface area contributed by atoms with Crippen LogP contribution in [0.4, 0.5) is 0 Å². The van der Waals surface area contributed by atoms with Crippen LogP contribution in [0.15, 0.2) is 66.6 Å². The molecule has 170 valence electrons. The lowest BCUT2D eigenvalue weighted by atomic mass is 9.95. The van der Waals surface area contributed by atoms with Crippen LogP contribution < -0.4 is 4.74 Å². The Bertz CT molecular complexity index is 1130. The summed E-state index contributed by atoms with van der Waals surface area (Å²) in [7, 11) is 0. The second-order valence-corrected chi connectivity index (χ2v) is 9.08. The van der Waals surface area contributed by atoms with E-state index in [1.807, 2.05) is 35.7 Å². The molecule has 0 bridgehead atoms. The number of nitrogens with zero attached hydrogens (tertiary/aromatic N) is 1. The van der Waals surface area contributed by atoms with Gasteiger partial charge in [-0.2, -0.15) is 0 Å². The number of rotatable bonds is 9. The number of carboxylic acid groups (broad SMARTS) is 1. The second-order valence-electron chi connectivity index (χ2n) is 8.13. The number of thiophene rings is 1. The van der Waals surface area contributed by atoms with E-state index in [1.165, 1.54) is 43.5 Å². The Morgan fingerprint density at radius 3 is 2.39 bits per heavy atom. The molecule has 1 aliphatic heterocycles. The number of Topliss-reactive ketones (excluding diaryl/α,β-unsaturated/α-hetero) is 1. The second kappa shape index (κ2) is 10.6. The van der Waals surface area contributed by atoms with Crippen molar-refractivity contribution in [2.45, 2.75) is 19.3 Å². The van der Waals surface area contributed by atoms with E-state index in [1.54, 1.807) is 11.3 Å². The predicted octanol–water partition coefficient (Wildman–Crippen LogP) is 5.87. The number of carboxylic acids is 1. The molecule has 0 amide bonds. The van der Waals surface area contributed by atoms with Crippen LogP contribution in [0.1, 0.15) is 45.5 Å². The molecule has 3 aromatic rings. The average molecular weight is 462 g/mol. The summed E-state index contributed by atoms with van der Waals surface area (Å²) in [5, 5.41) is 11.1. The highest BCUT2D eigenvalue weighted by molar-refractivity contribution is 7.13. The van der Waals surface area contributed by atoms with Gasteiger partial charge in [0.2, 0.25) is 0 Å². The van der Waals surface area contributed by atoms with Crippen molar-refractivity contribution in [3.63, 3.8) is 0 Å². The minimum absolute atomic E-state index is 0.138. The zero-order valence-corrected chi connectivity index (χ0v) is 19.3. The molecule has 1 N–H and O–H groups in total. The maximum atomic E-state index is 13.2. The van der Waals surface area contributed by atoms with Gasteiger partial charge < -0.3 is 9.84 Å². The summed E-state index contributed by atoms with van der Waals surface area (Å²) in [6, 6.07) is 15.8. The molecule has 2 heterocycles. The lowest BCUT2D eigenvalue weighted by molar-refractivity contribution is 0.0696. The molecule has 1 fully saturated rings. The molecule has 0 aliphatic carbocycles. The van der Waals surface area contributed by atoms with Crippen molar-refractivity contribution >= 4 is 28.7 Å². The Balaban J connectivity index is 1.57. The molecular formula is C27H27NO4S. The van der Waals surface area contributed by atoms with E-state index < -0.39 is 5.97 Å². The first-order valence-corrected chi connectivity index (χ1v) is 12.0. The van der Waals surface area contributed by atoms with Gasteiger partial charge in [0.15, 0.2) is 5.78 Å². The van der Waals surface area contributed by atoms with Gasteiger partial charge in [-0.15, -0.1) is 11.3 Å². The number of allylic oxidation sites excluding steroid dienone is 1. The molecule has 0 spiro atoms. The summed E-state index contributed by atoms with van der Waals surface area (Å²) in [4.78, 5) is 27.8. The van der Waals surface area contributed by atoms with Gasteiger partial charge in [-0.3, -0.25) is 9.69 Å². The average Bonchev–Trinajstić information content (AvgIpc) is 3.39. The fourth-order valence-electron chi connectivity index (χ4n) is 4.02. The molecule has 2 aromatic carbocycles. The van der Waals surface area contributed by atoms with Crippen LogP contribution in [0.5, 0.6) is 5.75 Å². The number of ketones is 1. The summed E-state index contributed by atoms with van der Waals surface area (Å²) < 4.78 is 6.14. The first-order chi connectivity index (χ1) is 16.0.